The molecule has 0 aliphatic carbocycles. The molecule has 1 aromatic carbocycles. The minimum Gasteiger partial charge on any atom is -0.343 e. The van der Waals surface area contributed by atoms with Crippen molar-refractivity contribution in [3.8, 4) is 5.69 Å². The number of hydrogen-bond donors (Lipinski definition) is 1. The van der Waals surface area contributed by atoms with Crippen LogP contribution in [0.25, 0.3) is 5.69 Å². The van der Waals surface area contributed by atoms with E-state index in [4.69, 9.17) is 5.73 Å². The molecule has 0 fully saturated rings. The zero-order chi connectivity index (χ0) is 14.0. The van der Waals surface area contributed by atoms with Crippen LogP contribution in [-0.2, 0) is 6.54 Å². The van der Waals surface area contributed by atoms with E-state index in [0.717, 1.165) is 0 Å². The number of carbonyl (C=O) groups excluding carboxylic acids is 1. The molecule has 0 bridgehead atoms. The summed E-state index contributed by atoms with van der Waals surface area (Å²) in [5.74, 6) is -0.580. The van der Waals surface area contributed by atoms with E-state index in [1.807, 2.05) is 0 Å². The van der Waals surface area contributed by atoms with Crippen LogP contribution in [0.15, 0.2) is 30.5 Å². The molecule has 1 amide bonds. The Hall–Kier alpha value is -2.21. The molecule has 6 heteroatoms. The molecule has 0 aliphatic rings. The second-order valence-electron chi connectivity index (χ2n) is 4.37. The van der Waals surface area contributed by atoms with Crippen LogP contribution in [0.5, 0.6) is 0 Å². The normalized spacial score (nSPS) is 10.5. The number of amides is 1. The maximum atomic E-state index is 13.4. The third-order valence-electron chi connectivity index (χ3n) is 2.66. The van der Waals surface area contributed by atoms with E-state index in [2.05, 4.69) is 5.10 Å². The first-order valence-corrected chi connectivity index (χ1v) is 5.78. The van der Waals surface area contributed by atoms with E-state index in [-0.39, 0.29) is 18.3 Å². The fourth-order valence-electron chi connectivity index (χ4n) is 1.69. The highest BCUT2D eigenvalue weighted by Gasteiger charge is 2.12. The second-order valence-corrected chi connectivity index (χ2v) is 4.37. The highest BCUT2D eigenvalue weighted by atomic mass is 19.1. The van der Waals surface area contributed by atoms with Gasteiger partial charge in [-0.3, -0.25) is 4.79 Å². The lowest BCUT2D eigenvalue weighted by Gasteiger charge is -2.07. The summed E-state index contributed by atoms with van der Waals surface area (Å²) in [4.78, 5) is 13.2. The molecule has 2 rings (SSSR count). The van der Waals surface area contributed by atoms with Gasteiger partial charge in [-0.15, -0.1) is 0 Å². The molecule has 0 aliphatic heterocycles. The fraction of sp³-hybridized carbons (Fsp3) is 0.231. The molecule has 2 N–H and O–H groups in total. The molecule has 2 aromatic rings. The number of benzene rings is 1. The van der Waals surface area contributed by atoms with Gasteiger partial charge in [0, 0.05) is 26.8 Å². The summed E-state index contributed by atoms with van der Waals surface area (Å²) >= 11 is 0. The Kier molecular flexibility index (Phi) is 3.62. The van der Waals surface area contributed by atoms with Crippen LogP contribution in [0.3, 0.4) is 0 Å². The molecule has 5 nitrogen and oxygen atoms in total. The quantitative estimate of drug-likeness (QED) is 0.903. The fourth-order valence-corrected chi connectivity index (χ4v) is 1.69. The van der Waals surface area contributed by atoms with Crippen molar-refractivity contribution in [3.05, 3.63) is 47.5 Å². The van der Waals surface area contributed by atoms with Crippen LogP contribution in [-0.4, -0.2) is 34.7 Å². The van der Waals surface area contributed by atoms with Gasteiger partial charge in [-0.05, 0) is 29.8 Å². The van der Waals surface area contributed by atoms with Crippen LogP contribution in [0.2, 0.25) is 0 Å². The molecular formula is C13H15FN4O. The lowest BCUT2D eigenvalue weighted by atomic mass is 10.2. The average molecular weight is 262 g/mol. The third-order valence-corrected chi connectivity index (χ3v) is 2.66. The van der Waals surface area contributed by atoms with Gasteiger partial charge in [-0.2, -0.15) is 5.10 Å². The van der Waals surface area contributed by atoms with Gasteiger partial charge in [0.1, 0.15) is 5.82 Å². The van der Waals surface area contributed by atoms with Crippen molar-refractivity contribution in [3.63, 3.8) is 0 Å². The van der Waals surface area contributed by atoms with Gasteiger partial charge in [0.25, 0.3) is 5.91 Å². The number of hydrogen-bond acceptors (Lipinski definition) is 3. The molecule has 0 saturated carbocycles. The molecule has 0 saturated heterocycles. The van der Waals surface area contributed by atoms with Gasteiger partial charge in [0.05, 0.1) is 5.69 Å². The van der Waals surface area contributed by atoms with Gasteiger partial charge in [0.2, 0.25) is 0 Å². The van der Waals surface area contributed by atoms with Crippen LogP contribution in [0.1, 0.15) is 16.1 Å². The van der Waals surface area contributed by atoms with Crippen molar-refractivity contribution in [1.29, 1.82) is 0 Å². The zero-order valence-corrected chi connectivity index (χ0v) is 10.8. The number of carbonyl (C=O) groups is 1. The Morgan fingerprint density at radius 1 is 1.42 bits per heavy atom. The summed E-state index contributed by atoms with van der Waals surface area (Å²) in [6.45, 7) is 0.246. The Bertz CT molecular complexity index is 606. The van der Waals surface area contributed by atoms with Crippen LogP contribution < -0.4 is 5.73 Å². The Balaban J connectivity index is 2.37. The average Bonchev–Trinajstić information content (AvgIpc) is 2.86. The van der Waals surface area contributed by atoms with Gasteiger partial charge < -0.3 is 10.6 Å². The predicted molar refractivity (Wildman–Crippen MR) is 69.4 cm³/mol. The highest BCUT2D eigenvalue weighted by Crippen LogP contribution is 2.13. The van der Waals surface area contributed by atoms with E-state index in [0.29, 0.717) is 16.9 Å². The standard InChI is InChI=1S/C13H15FN4O/c1-17(2)13(19)12-3-4-18(16-12)11-6-9(8-15)5-10(14)7-11/h3-7H,8,15H2,1-2H3. The van der Waals surface area contributed by atoms with Crippen molar-refractivity contribution >= 4 is 5.91 Å². The van der Waals surface area contributed by atoms with Gasteiger partial charge in [-0.25, -0.2) is 9.07 Å². The van der Waals surface area contributed by atoms with Crippen molar-refractivity contribution < 1.29 is 9.18 Å². The maximum Gasteiger partial charge on any atom is 0.273 e. The number of aromatic nitrogens is 2. The SMILES string of the molecule is CN(C)C(=O)c1ccn(-c2cc(F)cc(CN)c2)n1. The van der Waals surface area contributed by atoms with Crippen molar-refractivity contribution in [2.24, 2.45) is 5.73 Å². The van der Waals surface area contributed by atoms with Crippen molar-refractivity contribution in [1.82, 2.24) is 14.7 Å². The van der Waals surface area contributed by atoms with Gasteiger partial charge in [0.15, 0.2) is 5.69 Å². The molecule has 0 unspecified atom stereocenters. The monoisotopic (exact) mass is 262 g/mol. The summed E-state index contributed by atoms with van der Waals surface area (Å²) in [7, 11) is 3.30. The molecule has 1 heterocycles. The Labute approximate surface area is 110 Å². The summed E-state index contributed by atoms with van der Waals surface area (Å²) in [5, 5.41) is 4.14. The van der Waals surface area contributed by atoms with E-state index < -0.39 is 0 Å². The predicted octanol–water partition coefficient (Wildman–Crippen LogP) is 1.17. The van der Waals surface area contributed by atoms with Crippen LogP contribution in [0, 0.1) is 5.82 Å². The number of nitrogens with two attached hydrogens (primary N) is 1. The summed E-state index contributed by atoms with van der Waals surface area (Å²) < 4.78 is 14.9. The number of nitrogens with zero attached hydrogens (tertiary/aromatic N) is 3. The Morgan fingerprint density at radius 3 is 2.79 bits per heavy atom. The Morgan fingerprint density at radius 2 is 2.16 bits per heavy atom. The first-order valence-electron chi connectivity index (χ1n) is 5.78. The largest absolute Gasteiger partial charge is 0.343 e. The minimum atomic E-state index is -0.381. The number of halogens is 1. The van der Waals surface area contributed by atoms with E-state index in [1.165, 1.54) is 21.7 Å². The van der Waals surface area contributed by atoms with E-state index >= 15 is 0 Å². The molecule has 0 atom stereocenters. The first-order chi connectivity index (χ1) is 9.01. The lowest BCUT2D eigenvalue weighted by molar-refractivity contribution is 0.0821. The molecule has 100 valence electrons. The maximum absolute atomic E-state index is 13.4. The lowest BCUT2D eigenvalue weighted by Crippen LogP contribution is -2.22. The molecule has 0 radical (unpaired) electrons. The summed E-state index contributed by atoms with van der Waals surface area (Å²) in [6, 6.07) is 6.05. The molecule has 1 aromatic heterocycles. The summed E-state index contributed by atoms with van der Waals surface area (Å²) in [5.41, 5.74) is 7.02. The topological polar surface area (TPSA) is 64.2 Å². The molecule has 19 heavy (non-hydrogen) atoms. The smallest absolute Gasteiger partial charge is 0.273 e. The summed E-state index contributed by atoms with van der Waals surface area (Å²) in [6.07, 6.45) is 1.62. The molecular weight excluding hydrogens is 247 g/mol. The van der Waals surface area contributed by atoms with Crippen molar-refractivity contribution in [2.75, 3.05) is 14.1 Å². The van der Waals surface area contributed by atoms with Crippen molar-refractivity contribution in [2.45, 2.75) is 6.54 Å². The van der Waals surface area contributed by atoms with Gasteiger partial charge >= 0.3 is 0 Å². The van der Waals surface area contributed by atoms with Crippen LogP contribution in [0.4, 0.5) is 4.39 Å². The zero-order valence-electron chi connectivity index (χ0n) is 10.8. The highest BCUT2D eigenvalue weighted by molar-refractivity contribution is 5.91. The minimum absolute atomic E-state index is 0.200. The van der Waals surface area contributed by atoms with Crippen LogP contribution >= 0.6 is 0 Å². The third kappa shape index (κ3) is 2.79. The second kappa shape index (κ2) is 5.19. The van der Waals surface area contributed by atoms with E-state index in [9.17, 15) is 9.18 Å². The van der Waals surface area contributed by atoms with Gasteiger partial charge in [-0.1, -0.05) is 0 Å². The number of rotatable bonds is 3. The first kappa shape index (κ1) is 13.2. The van der Waals surface area contributed by atoms with E-state index in [1.54, 1.807) is 32.4 Å². The molecule has 0 spiro atoms.